The van der Waals surface area contributed by atoms with Gasteiger partial charge in [0.15, 0.2) is 0 Å². The van der Waals surface area contributed by atoms with Gasteiger partial charge in [0, 0.05) is 18.4 Å². The van der Waals surface area contributed by atoms with Crippen LogP contribution in [0.2, 0.25) is 5.02 Å². The van der Waals surface area contributed by atoms with E-state index in [2.05, 4.69) is 19.2 Å². The van der Waals surface area contributed by atoms with Crippen molar-refractivity contribution in [2.45, 2.75) is 18.6 Å². The van der Waals surface area contributed by atoms with Crippen LogP contribution in [0.3, 0.4) is 0 Å². The second kappa shape index (κ2) is 4.97. The zero-order valence-corrected chi connectivity index (χ0v) is 14.2. The van der Waals surface area contributed by atoms with Crippen molar-refractivity contribution in [2.24, 2.45) is 0 Å². The van der Waals surface area contributed by atoms with Crippen molar-refractivity contribution in [3.8, 4) is 5.75 Å². The molecule has 1 N–H and O–H groups in total. The summed E-state index contributed by atoms with van der Waals surface area (Å²) >= 11 is 6.31. The molecule has 0 saturated heterocycles. The van der Waals surface area contributed by atoms with Crippen molar-refractivity contribution >= 4 is 11.6 Å². The summed E-state index contributed by atoms with van der Waals surface area (Å²) in [5.74, 6) is 0.621. The first-order valence-corrected chi connectivity index (χ1v) is 8.40. The van der Waals surface area contributed by atoms with Crippen molar-refractivity contribution in [3.05, 3.63) is 63.7 Å². The summed E-state index contributed by atoms with van der Waals surface area (Å²) in [6.07, 6.45) is 1.91. The Morgan fingerprint density at radius 2 is 1.78 bits per heavy atom. The summed E-state index contributed by atoms with van der Waals surface area (Å²) in [5.41, 5.74) is 3.25. The van der Waals surface area contributed by atoms with Crippen LogP contribution in [0.5, 0.6) is 5.75 Å². The average molecular weight is 331 g/mol. The number of nitrogens with zero attached hydrogens (tertiary/aromatic N) is 1. The molecule has 120 valence electrons. The second-order valence-electron chi connectivity index (χ2n) is 6.82. The van der Waals surface area contributed by atoms with Gasteiger partial charge < -0.3 is 9.84 Å². The van der Waals surface area contributed by atoms with Crippen molar-refractivity contribution in [2.75, 3.05) is 27.2 Å². The van der Waals surface area contributed by atoms with Gasteiger partial charge in [0.2, 0.25) is 0 Å². The summed E-state index contributed by atoms with van der Waals surface area (Å²) in [5, 5.41) is 12.5. The molecular weight excluding hydrogens is 310 g/mol. The Hall–Kier alpha value is -1.55. The topological polar surface area (TPSA) is 29.5 Å². The van der Waals surface area contributed by atoms with Crippen LogP contribution >= 0.6 is 11.6 Å². The number of benzene rings is 2. The van der Waals surface area contributed by atoms with Gasteiger partial charge in [0.05, 0.1) is 37.8 Å². The van der Waals surface area contributed by atoms with Crippen LogP contribution in [0.1, 0.15) is 22.3 Å². The highest BCUT2D eigenvalue weighted by atomic mass is 35.5. The maximum absolute atomic E-state index is 11.9. The number of fused-ring (bicyclic) bond motifs is 5. The maximum Gasteiger partial charge on any atom is 0.255 e. The van der Waals surface area contributed by atoms with Crippen molar-refractivity contribution in [3.63, 3.8) is 0 Å². The molecule has 0 radical (unpaired) electrons. The number of quaternary nitrogens is 1. The lowest BCUT2D eigenvalue weighted by atomic mass is 9.77. The SMILES string of the molecule is COc1cc2c(cc1Cl)CC[N+]1(C)CCc3ccccc3[C@]21O. The number of aliphatic hydroxyl groups is 1. The fourth-order valence-corrected chi connectivity index (χ4v) is 4.52. The van der Waals surface area contributed by atoms with Crippen LogP contribution in [-0.4, -0.2) is 36.8 Å². The lowest BCUT2D eigenvalue weighted by Crippen LogP contribution is -2.66. The van der Waals surface area contributed by atoms with Crippen LogP contribution < -0.4 is 4.74 Å². The smallest absolute Gasteiger partial charge is 0.255 e. The number of halogens is 1. The zero-order chi connectivity index (χ0) is 16.2. The minimum absolute atomic E-state index is 0.607. The third-order valence-electron chi connectivity index (χ3n) is 5.68. The van der Waals surface area contributed by atoms with Gasteiger partial charge in [-0.25, -0.2) is 0 Å². The summed E-state index contributed by atoms with van der Waals surface area (Å²) in [7, 11) is 3.77. The van der Waals surface area contributed by atoms with E-state index in [1.54, 1.807) is 7.11 Å². The van der Waals surface area contributed by atoms with Gasteiger partial charge in [-0.15, -0.1) is 0 Å². The van der Waals surface area contributed by atoms with Crippen molar-refractivity contribution in [1.29, 1.82) is 0 Å². The molecule has 0 fully saturated rings. The fraction of sp³-hybridized carbons (Fsp3) is 0.368. The van der Waals surface area contributed by atoms with Crippen LogP contribution in [0.4, 0.5) is 0 Å². The molecule has 2 heterocycles. The van der Waals surface area contributed by atoms with Gasteiger partial charge in [-0.3, -0.25) is 4.48 Å². The number of ether oxygens (including phenoxy) is 1. The molecule has 0 aromatic heterocycles. The van der Waals surface area contributed by atoms with Gasteiger partial charge >= 0.3 is 0 Å². The fourth-order valence-electron chi connectivity index (χ4n) is 4.26. The van der Waals surface area contributed by atoms with E-state index in [9.17, 15) is 5.11 Å². The molecule has 4 heteroatoms. The molecule has 0 amide bonds. The van der Waals surface area contributed by atoms with Crippen molar-refractivity contribution < 1.29 is 14.3 Å². The monoisotopic (exact) mass is 330 g/mol. The summed E-state index contributed by atoms with van der Waals surface area (Å²) < 4.78 is 6.02. The standard InChI is InChI=1S/C19H21ClNO2/c1-21-9-7-13-5-3-4-6-15(13)19(21,22)16-12-18(23-2)17(20)11-14(16)8-10-21/h3-6,11-12,22H,7-10H2,1-2H3/q+1/t19-,21?/m0/s1. The second-order valence-corrected chi connectivity index (χ2v) is 7.22. The Morgan fingerprint density at radius 1 is 1.09 bits per heavy atom. The molecule has 2 aliphatic rings. The zero-order valence-electron chi connectivity index (χ0n) is 13.5. The lowest BCUT2D eigenvalue weighted by Gasteiger charge is -2.54. The first kappa shape index (κ1) is 15.0. The van der Waals surface area contributed by atoms with E-state index in [0.717, 1.165) is 42.6 Å². The maximum atomic E-state index is 11.9. The number of likely N-dealkylation sites (N-methyl/N-ethyl adjacent to an activating group) is 1. The predicted molar refractivity (Wildman–Crippen MR) is 90.8 cm³/mol. The molecule has 4 rings (SSSR count). The third kappa shape index (κ3) is 1.90. The third-order valence-corrected chi connectivity index (χ3v) is 5.97. The van der Waals surface area contributed by atoms with Crippen LogP contribution in [0.15, 0.2) is 36.4 Å². The number of hydrogen-bond donors (Lipinski definition) is 1. The minimum atomic E-state index is -1.04. The molecule has 1 unspecified atom stereocenters. The molecular formula is C19H21ClNO2+. The molecule has 0 spiro atoms. The predicted octanol–water partition coefficient (Wildman–Crippen LogP) is 3.10. The van der Waals surface area contributed by atoms with Gasteiger partial charge in [-0.2, -0.15) is 0 Å². The van der Waals surface area contributed by atoms with E-state index in [4.69, 9.17) is 16.3 Å². The van der Waals surface area contributed by atoms with Gasteiger partial charge in [0.25, 0.3) is 5.72 Å². The molecule has 2 atom stereocenters. The van der Waals surface area contributed by atoms with E-state index >= 15 is 0 Å². The van der Waals surface area contributed by atoms with E-state index in [-0.39, 0.29) is 0 Å². The molecule has 0 bridgehead atoms. The Bertz CT molecular complexity index is 791. The summed E-state index contributed by atoms with van der Waals surface area (Å²) in [4.78, 5) is 0. The van der Waals surface area contributed by atoms with Crippen LogP contribution in [0.25, 0.3) is 0 Å². The minimum Gasteiger partial charge on any atom is -0.495 e. The Morgan fingerprint density at radius 3 is 2.52 bits per heavy atom. The van der Waals surface area contributed by atoms with Gasteiger partial charge in [0.1, 0.15) is 5.75 Å². The molecule has 2 aromatic rings. The first-order valence-electron chi connectivity index (χ1n) is 8.02. The Balaban J connectivity index is 2.03. The van der Waals surface area contributed by atoms with Crippen LogP contribution in [-0.2, 0) is 18.6 Å². The molecule has 3 nitrogen and oxygen atoms in total. The lowest BCUT2D eigenvalue weighted by molar-refractivity contribution is -0.989. The quantitative estimate of drug-likeness (QED) is 0.814. The van der Waals surface area contributed by atoms with Gasteiger partial charge in [-0.05, 0) is 29.3 Å². The number of methoxy groups -OCH3 is 1. The molecule has 0 aliphatic carbocycles. The highest BCUT2D eigenvalue weighted by Gasteiger charge is 2.56. The van der Waals surface area contributed by atoms with E-state index in [0.29, 0.717) is 15.3 Å². The highest BCUT2D eigenvalue weighted by Crippen LogP contribution is 2.49. The van der Waals surface area contributed by atoms with Crippen molar-refractivity contribution in [1.82, 2.24) is 0 Å². The highest BCUT2D eigenvalue weighted by molar-refractivity contribution is 6.32. The first-order chi connectivity index (χ1) is 11.0. The normalized spacial score (nSPS) is 28.5. The molecule has 23 heavy (non-hydrogen) atoms. The van der Waals surface area contributed by atoms with E-state index < -0.39 is 5.72 Å². The van der Waals surface area contributed by atoms with Crippen LogP contribution in [0, 0.1) is 0 Å². The van der Waals surface area contributed by atoms with E-state index in [1.165, 1.54) is 5.56 Å². The molecule has 2 aromatic carbocycles. The van der Waals surface area contributed by atoms with E-state index in [1.807, 2.05) is 24.3 Å². The summed E-state index contributed by atoms with van der Waals surface area (Å²) in [6.45, 7) is 1.83. The molecule has 0 saturated carbocycles. The average Bonchev–Trinajstić information content (AvgIpc) is 2.56. The summed E-state index contributed by atoms with van der Waals surface area (Å²) in [6, 6.07) is 12.1. The Kier molecular flexibility index (Phi) is 3.24. The number of rotatable bonds is 1. The number of hydrogen-bond acceptors (Lipinski definition) is 2. The molecule has 2 aliphatic heterocycles. The Labute approximate surface area is 141 Å². The largest absolute Gasteiger partial charge is 0.495 e. The van der Waals surface area contributed by atoms with Gasteiger partial charge in [-0.1, -0.05) is 29.8 Å².